The van der Waals surface area contributed by atoms with Crippen molar-refractivity contribution < 1.29 is 4.74 Å². The number of ether oxygens (including phenoxy) is 1. The van der Waals surface area contributed by atoms with Crippen molar-refractivity contribution in [3.63, 3.8) is 0 Å². The van der Waals surface area contributed by atoms with Crippen molar-refractivity contribution in [1.29, 1.82) is 0 Å². The zero-order valence-electron chi connectivity index (χ0n) is 14.3. The molecule has 0 aliphatic rings. The van der Waals surface area contributed by atoms with Crippen molar-refractivity contribution in [2.75, 3.05) is 33.8 Å². The average molecular weight is 306 g/mol. The molecule has 1 rings (SSSR count). The minimum Gasteiger partial charge on any atom is -0.494 e. The Morgan fingerprint density at radius 3 is 2.55 bits per heavy atom. The predicted octanol–water partition coefficient (Wildman–Crippen LogP) is 2.08. The van der Waals surface area contributed by atoms with Gasteiger partial charge in [-0.25, -0.2) is 4.99 Å². The largest absolute Gasteiger partial charge is 0.494 e. The van der Waals surface area contributed by atoms with Gasteiger partial charge in [0.15, 0.2) is 5.96 Å². The lowest BCUT2D eigenvalue weighted by molar-refractivity contribution is 0.281. The average Bonchev–Trinajstić information content (AvgIpc) is 2.48. The normalized spacial score (nSPS) is 12.0. The maximum Gasteiger partial charge on any atom is 0.188 e. The lowest BCUT2D eigenvalue weighted by Gasteiger charge is -2.10. The van der Waals surface area contributed by atoms with Gasteiger partial charge in [0.2, 0.25) is 0 Å². The molecule has 0 aliphatic heterocycles. The summed E-state index contributed by atoms with van der Waals surface area (Å²) < 4.78 is 5.70. The smallest absolute Gasteiger partial charge is 0.188 e. The first-order chi connectivity index (χ1) is 10.5. The Kier molecular flexibility index (Phi) is 8.36. The fourth-order valence-corrected chi connectivity index (χ4v) is 1.80. The van der Waals surface area contributed by atoms with Crippen LogP contribution in [0.1, 0.15) is 25.8 Å². The van der Waals surface area contributed by atoms with Gasteiger partial charge in [0.05, 0.1) is 13.2 Å². The van der Waals surface area contributed by atoms with E-state index in [1.807, 2.05) is 24.3 Å². The van der Waals surface area contributed by atoms with Crippen molar-refractivity contribution in [3.8, 4) is 5.75 Å². The van der Waals surface area contributed by atoms with Gasteiger partial charge in [-0.1, -0.05) is 26.0 Å². The zero-order chi connectivity index (χ0) is 16.4. The Bertz CT molecular complexity index is 440. The first-order valence-corrected chi connectivity index (χ1v) is 7.87. The molecular weight excluding hydrogens is 276 g/mol. The summed E-state index contributed by atoms with van der Waals surface area (Å²) >= 11 is 0. The number of hydrogen-bond acceptors (Lipinski definition) is 3. The van der Waals surface area contributed by atoms with E-state index in [9.17, 15) is 0 Å². The van der Waals surface area contributed by atoms with E-state index < -0.39 is 0 Å². The summed E-state index contributed by atoms with van der Waals surface area (Å²) in [5.74, 6) is 1.95. The van der Waals surface area contributed by atoms with E-state index in [0.717, 1.165) is 37.4 Å². The van der Waals surface area contributed by atoms with Gasteiger partial charge in [-0.2, -0.15) is 0 Å². The Balaban J connectivity index is 2.33. The summed E-state index contributed by atoms with van der Waals surface area (Å²) in [6, 6.07) is 8.03. The molecule has 3 N–H and O–H groups in total. The third-order valence-corrected chi connectivity index (χ3v) is 3.07. The number of nitrogens with two attached hydrogens (primary N) is 1. The lowest BCUT2D eigenvalue weighted by Crippen LogP contribution is -2.34. The molecular formula is C17H30N4O. The van der Waals surface area contributed by atoms with Gasteiger partial charge < -0.3 is 20.7 Å². The number of guanidine groups is 1. The zero-order valence-corrected chi connectivity index (χ0v) is 14.3. The molecule has 0 heterocycles. The Labute approximate surface area is 134 Å². The van der Waals surface area contributed by atoms with Crippen LogP contribution in [0.15, 0.2) is 29.3 Å². The first kappa shape index (κ1) is 18.3. The first-order valence-electron chi connectivity index (χ1n) is 7.87. The highest BCUT2D eigenvalue weighted by Gasteiger charge is 1.98. The molecule has 0 unspecified atom stereocenters. The third kappa shape index (κ3) is 8.52. The van der Waals surface area contributed by atoms with Gasteiger partial charge >= 0.3 is 0 Å². The summed E-state index contributed by atoms with van der Waals surface area (Å²) in [6.07, 6.45) is 1.02. The molecule has 0 saturated heterocycles. The highest BCUT2D eigenvalue weighted by molar-refractivity contribution is 5.77. The van der Waals surface area contributed by atoms with Crippen LogP contribution in [0.3, 0.4) is 0 Å². The standard InChI is InChI=1S/C17H30N4O/c1-14(2)12-19-17(18)20-13-15-6-8-16(9-7-15)22-11-5-10-21(3)4/h6-9,14H,5,10-13H2,1-4H3,(H3,18,19,20). The molecule has 0 radical (unpaired) electrons. The SMILES string of the molecule is CC(C)CNC(N)=NCc1ccc(OCCCN(C)C)cc1. The Morgan fingerprint density at radius 1 is 1.27 bits per heavy atom. The molecule has 0 amide bonds. The molecule has 5 heteroatoms. The molecule has 0 spiro atoms. The van der Waals surface area contributed by atoms with Gasteiger partial charge in [0.1, 0.15) is 5.75 Å². The van der Waals surface area contributed by atoms with E-state index in [4.69, 9.17) is 10.5 Å². The summed E-state index contributed by atoms with van der Waals surface area (Å²) in [6.45, 7) is 7.47. The Morgan fingerprint density at radius 2 is 1.95 bits per heavy atom. The highest BCUT2D eigenvalue weighted by Crippen LogP contribution is 2.13. The number of benzene rings is 1. The monoisotopic (exact) mass is 306 g/mol. The van der Waals surface area contributed by atoms with Crippen molar-refractivity contribution in [2.45, 2.75) is 26.8 Å². The van der Waals surface area contributed by atoms with Gasteiger partial charge in [-0.05, 0) is 44.1 Å². The summed E-state index contributed by atoms with van der Waals surface area (Å²) in [5, 5.41) is 3.11. The number of nitrogens with one attached hydrogen (secondary N) is 1. The van der Waals surface area contributed by atoms with E-state index in [2.05, 4.69) is 43.2 Å². The number of aliphatic imine (C=N–C) groups is 1. The van der Waals surface area contributed by atoms with Crippen molar-refractivity contribution in [1.82, 2.24) is 10.2 Å². The highest BCUT2D eigenvalue weighted by atomic mass is 16.5. The molecule has 1 aromatic carbocycles. The maximum absolute atomic E-state index is 5.82. The molecule has 0 fully saturated rings. The topological polar surface area (TPSA) is 62.9 Å². The van der Waals surface area contributed by atoms with Crippen LogP contribution in [0.25, 0.3) is 0 Å². The predicted molar refractivity (Wildman–Crippen MR) is 93.3 cm³/mol. The van der Waals surface area contributed by atoms with E-state index in [-0.39, 0.29) is 0 Å². The molecule has 5 nitrogen and oxygen atoms in total. The molecule has 0 saturated carbocycles. The number of rotatable bonds is 9. The number of nitrogens with zero attached hydrogens (tertiary/aromatic N) is 2. The van der Waals surface area contributed by atoms with Crippen LogP contribution in [0, 0.1) is 5.92 Å². The van der Waals surface area contributed by atoms with E-state index in [1.54, 1.807) is 0 Å². The molecule has 22 heavy (non-hydrogen) atoms. The molecule has 0 bridgehead atoms. The summed E-state index contributed by atoms with van der Waals surface area (Å²) in [4.78, 5) is 6.48. The quantitative estimate of drug-likeness (QED) is 0.416. The van der Waals surface area contributed by atoms with Crippen LogP contribution in [-0.4, -0.2) is 44.7 Å². The van der Waals surface area contributed by atoms with E-state index >= 15 is 0 Å². The second-order valence-electron chi connectivity index (χ2n) is 6.13. The van der Waals surface area contributed by atoms with Gasteiger partial charge in [-0.15, -0.1) is 0 Å². The molecule has 1 aromatic rings. The minimum absolute atomic E-state index is 0.498. The molecule has 124 valence electrons. The maximum atomic E-state index is 5.82. The second kappa shape index (κ2) is 10.1. The van der Waals surface area contributed by atoms with Crippen molar-refractivity contribution in [2.24, 2.45) is 16.6 Å². The van der Waals surface area contributed by atoms with E-state index in [1.165, 1.54) is 0 Å². The fourth-order valence-electron chi connectivity index (χ4n) is 1.80. The molecule has 0 aromatic heterocycles. The van der Waals surface area contributed by atoms with Crippen LogP contribution < -0.4 is 15.8 Å². The molecule has 0 atom stereocenters. The van der Waals surface area contributed by atoms with Crippen LogP contribution in [-0.2, 0) is 6.54 Å². The minimum atomic E-state index is 0.498. The summed E-state index contributed by atoms with van der Waals surface area (Å²) in [7, 11) is 4.13. The van der Waals surface area contributed by atoms with Crippen molar-refractivity contribution >= 4 is 5.96 Å². The van der Waals surface area contributed by atoms with E-state index in [0.29, 0.717) is 18.4 Å². The molecule has 0 aliphatic carbocycles. The van der Waals surface area contributed by atoms with Crippen LogP contribution >= 0.6 is 0 Å². The van der Waals surface area contributed by atoms with Gasteiger partial charge in [0.25, 0.3) is 0 Å². The Hall–Kier alpha value is -1.75. The fraction of sp³-hybridized carbons (Fsp3) is 0.588. The van der Waals surface area contributed by atoms with Crippen LogP contribution in [0.5, 0.6) is 5.75 Å². The lowest BCUT2D eigenvalue weighted by atomic mass is 10.2. The van der Waals surface area contributed by atoms with Crippen LogP contribution in [0.2, 0.25) is 0 Å². The summed E-state index contributed by atoms with van der Waals surface area (Å²) in [5.41, 5.74) is 6.94. The van der Waals surface area contributed by atoms with Crippen LogP contribution in [0.4, 0.5) is 0 Å². The van der Waals surface area contributed by atoms with Gasteiger partial charge in [-0.3, -0.25) is 0 Å². The van der Waals surface area contributed by atoms with Gasteiger partial charge in [0, 0.05) is 13.1 Å². The third-order valence-electron chi connectivity index (χ3n) is 3.07. The second-order valence-corrected chi connectivity index (χ2v) is 6.13. The van der Waals surface area contributed by atoms with Crippen molar-refractivity contribution in [3.05, 3.63) is 29.8 Å². The number of hydrogen-bond donors (Lipinski definition) is 2.